The van der Waals surface area contributed by atoms with E-state index in [2.05, 4.69) is 27.7 Å². The van der Waals surface area contributed by atoms with Crippen molar-refractivity contribution in [1.82, 2.24) is 10.2 Å². The molecular formula is C17H25N3O. The van der Waals surface area contributed by atoms with Gasteiger partial charge in [-0.1, -0.05) is 12.1 Å². The van der Waals surface area contributed by atoms with Gasteiger partial charge in [0, 0.05) is 24.8 Å². The molecule has 0 aliphatic carbocycles. The van der Waals surface area contributed by atoms with E-state index in [0.717, 1.165) is 36.8 Å². The highest BCUT2D eigenvalue weighted by molar-refractivity contribution is 5.93. The molecule has 2 saturated heterocycles. The van der Waals surface area contributed by atoms with Gasteiger partial charge in [0.05, 0.1) is 6.54 Å². The smallest absolute Gasteiger partial charge is 0.238 e. The molecule has 0 radical (unpaired) electrons. The fraction of sp³-hybridized carbons (Fsp3) is 0.588. The van der Waals surface area contributed by atoms with Gasteiger partial charge in [0.15, 0.2) is 0 Å². The second-order valence-corrected chi connectivity index (χ2v) is 6.52. The molecule has 0 spiro atoms. The minimum absolute atomic E-state index is 0.0994. The van der Waals surface area contributed by atoms with E-state index in [-0.39, 0.29) is 5.91 Å². The van der Waals surface area contributed by atoms with Crippen LogP contribution in [-0.2, 0) is 4.79 Å². The quantitative estimate of drug-likeness (QED) is 0.893. The van der Waals surface area contributed by atoms with Crippen LogP contribution in [0.5, 0.6) is 0 Å². The van der Waals surface area contributed by atoms with Crippen LogP contribution in [0, 0.1) is 19.8 Å². The fourth-order valence-electron chi connectivity index (χ4n) is 3.53. The Bertz CT molecular complexity index is 515. The van der Waals surface area contributed by atoms with E-state index >= 15 is 0 Å². The molecule has 2 heterocycles. The van der Waals surface area contributed by atoms with Gasteiger partial charge in [-0.2, -0.15) is 0 Å². The molecule has 3 rings (SSSR count). The van der Waals surface area contributed by atoms with Gasteiger partial charge in [-0.15, -0.1) is 0 Å². The Hall–Kier alpha value is -1.39. The maximum Gasteiger partial charge on any atom is 0.238 e. The van der Waals surface area contributed by atoms with E-state index < -0.39 is 0 Å². The Balaban J connectivity index is 1.56. The van der Waals surface area contributed by atoms with Crippen molar-refractivity contribution in [3.63, 3.8) is 0 Å². The van der Waals surface area contributed by atoms with E-state index in [9.17, 15) is 4.79 Å². The number of aryl methyl sites for hydroxylation is 2. The number of nitrogens with zero attached hydrogens (tertiary/aromatic N) is 1. The van der Waals surface area contributed by atoms with Crippen LogP contribution in [0.4, 0.5) is 5.69 Å². The van der Waals surface area contributed by atoms with Crippen LogP contribution in [0.3, 0.4) is 0 Å². The molecule has 1 aromatic rings. The van der Waals surface area contributed by atoms with Crippen LogP contribution in [0.25, 0.3) is 0 Å². The van der Waals surface area contributed by atoms with Gasteiger partial charge in [-0.05, 0) is 56.3 Å². The molecule has 0 aromatic heterocycles. The van der Waals surface area contributed by atoms with E-state index in [1.807, 2.05) is 19.9 Å². The van der Waals surface area contributed by atoms with Gasteiger partial charge >= 0.3 is 0 Å². The Morgan fingerprint density at radius 1 is 1.38 bits per heavy atom. The predicted octanol–water partition coefficient (Wildman–Crippen LogP) is 1.93. The Morgan fingerprint density at radius 2 is 2.24 bits per heavy atom. The van der Waals surface area contributed by atoms with Crippen molar-refractivity contribution in [3.05, 3.63) is 29.3 Å². The minimum atomic E-state index is 0.0994. The summed E-state index contributed by atoms with van der Waals surface area (Å²) in [7, 11) is 0. The first-order valence-corrected chi connectivity index (χ1v) is 7.94. The number of likely N-dealkylation sites (tertiary alicyclic amines) is 1. The van der Waals surface area contributed by atoms with E-state index in [0.29, 0.717) is 12.6 Å². The summed E-state index contributed by atoms with van der Waals surface area (Å²) in [5, 5.41) is 6.64. The zero-order valence-corrected chi connectivity index (χ0v) is 13.0. The normalized spacial score (nSPS) is 25.6. The summed E-state index contributed by atoms with van der Waals surface area (Å²) in [5.74, 6) is 0.828. The van der Waals surface area contributed by atoms with Crippen molar-refractivity contribution in [2.24, 2.45) is 5.92 Å². The van der Waals surface area contributed by atoms with Gasteiger partial charge < -0.3 is 10.6 Å². The molecule has 2 aliphatic rings. The Labute approximate surface area is 126 Å². The highest BCUT2D eigenvalue weighted by Gasteiger charge is 2.34. The number of benzene rings is 1. The summed E-state index contributed by atoms with van der Waals surface area (Å²) in [6, 6.07) is 6.76. The number of piperidine rings is 1. The van der Waals surface area contributed by atoms with E-state index in [4.69, 9.17) is 0 Å². The molecule has 114 valence electrons. The maximum absolute atomic E-state index is 12.3. The highest BCUT2D eigenvalue weighted by Crippen LogP contribution is 2.24. The summed E-state index contributed by atoms with van der Waals surface area (Å²) in [4.78, 5) is 14.6. The van der Waals surface area contributed by atoms with Crippen LogP contribution in [0.2, 0.25) is 0 Å². The van der Waals surface area contributed by atoms with Crippen molar-refractivity contribution in [1.29, 1.82) is 0 Å². The summed E-state index contributed by atoms with van der Waals surface area (Å²) in [5.41, 5.74) is 3.23. The number of fused-ring (bicyclic) bond motifs is 1. The number of nitrogens with one attached hydrogen (secondary N) is 2. The third-order valence-corrected chi connectivity index (χ3v) is 4.71. The van der Waals surface area contributed by atoms with Crippen molar-refractivity contribution in [3.8, 4) is 0 Å². The predicted molar refractivity (Wildman–Crippen MR) is 85.5 cm³/mol. The monoisotopic (exact) mass is 287 g/mol. The fourth-order valence-corrected chi connectivity index (χ4v) is 3.53. The van der Waals surface area contributed by atoms with Crippen LogP contribution in [-0.4, -0.2) is 43.0 Å². The molecule has 1 amide bonds. The van der Waals surface area contributed by atoms with Gasteiger partial charge in [0.25, 0.3) is 0 Å². The topological polar surface area (TPSA) is 44.4 Å². The molecule has 21 heavy (non-hydrogen) atoms. The van der Waals surface area contributed by atoms with Crippen LogP contribution in [0.15, 0.2) is 18.2 Å². The maximum atomic E-state index is 12.3. The molecule has 0 bridgehead atoms. The number of carbonyl (C=O) groups excluding carboxylic acids is 1. The van der Waals surface area contributed by atoms with Gasteiger partial charge in [-0.25, -0.2) is 0 Å². The SMILES string of the molecule is Cc1ccc(C)c(NC(=O)CN2C[C@@H]3CCCN[C@@H]3C2)c1. The van der Waals surface area contributed by atoms with Crippen LogP contribution >= 0.6 is 0 Å². The first-order valence-electron chi connectivity index (χ1n) is 7.94. The van der Waals surface area contributed by atoms with Gasteiger partial charge in [0.1, 0.15) is 0 Å². The zero-order valence-electron chi connectivity index (χ0n) is 13.0. The van der Waals surface area contributed by atoms with Gasteiger partial charge in [-0.3, -0.25) is 9.69 Å². The standard InChI is InChI=1S/C17H25N3O/c1-12-5-6-13(2)15(8-12)19-17(21)11-20-9-14-4-3-7-18-16(14)10-20/h5-6,8,14,16,18H,3-4,7,9-11H2,1-2H3,(H,19,21)/t14-,16+/m0/s1. The lowest BCUT2D eigenvalue weighted by Crippen LogP contribution is -2.41. The molecule has 4 nitrogen and oxygen atoms in total. The first-order chi connectivity index (χ1) is 10.1. The van der Waals surface area contributed by atoms with E-state index in [1.54, 1.807) is 0 Å². The lowest BCUT2D eigenvalue weighted by Gasteiger charge is -2.24. The molecule has 2 atom stereocenters. The first kappa shape index (κ1) is 14.5. The van der Waals surface area contributed by atoms with Gasteiger partial charge in [0.2, 0.25) is 5.91 Å². The number of rotatable bonds is 3. The molecule has 2 fully saturated rings. The minimum Gasteiger partial charge on any atom is -0.325 e. The highest BCUT2D eigenvalue weighted by atomic mass is 16.2. The van der Waals surface area contributed by atoms with Crippen molar-refractivity contribution in [2.75, 3.05) is 31.5 Å². The summed E-state index contributed by atoms with van der Waals surface area (Å²) >= 11 is 0. The number of amides is 1. The number of carbonyl (C=O) groups is 1. The largest absolute Gasteiger partial charge is 0.325 e. The number of hydrogen-bond donors (Lipinski definition) is 2. The molecule has 0 unspecified atom stereocenters. The van der Waals surface area contributed by atoms with Crippen molar-refractivity contribution < 1.29 is 4.79 Å². The third-order valence-electron chi connectivity index (χ3n) is 4.71. The van der Waals surface area contributed by atoms with Crippen LogP contribution in [0.1, 0.15) is 24.0 Å². The van der Waals surface area contributed by atoms with E-state index in [1.165, 1.54) is 18.4 Å². The molecule has 1 aromatic carbocycles. The Morgan fingerprint density at radius 3 is 3.05 bits per heavy atom. The molecule has 4 heteroatoms. The molecule has 2 aliphatic heterocycles. The second-order valence-electron chi connectivity index (χ2n) is 6.52. The lowest BCUT2D eigenvalue weighted by atomic mass is 9.94. The zero-order chi connectivity index (χ0) is 14.8. The average Bonchev–Trinajstić information content (AvgIpc) is 2.84. The summed E-state index contributed by atoms with van der Waals surface area (Å²) in [6.45, 7) is 7.77. The number of anilines is 1. The average molecular weight is 287 g/mol. The Kier molecular flexibility index (Phi) is 4.27. The van der Waals surface area contributed by atoms with Crippen LogP contribution < -0.4 is 10.6 Å². The molecular weight excluding hydrogens is 262 g/mol. The van der Waals surface area contributed by atoms with Crippen molar-refractivity contribution in [2.45, 2.75) is 32.7 Å². The molecule has 2 N–H and O–H groups in total. The summed E-state index contributed by atoms with van der Waals surface area (Å²) in [6.07, 6.45) is 2.57. The second kappa shape index (κ2) is 6.16. The number of hydrogen-bond acceptors (Lipinski definition) is 3. The summed E-state index contributed by atoms with van der Waals surface area (Å²) < 4.78 is 0. The molecule has 0 saturated carbocycles. The van der Waals surface area contributed by atoms with Crippen molar-refractivity contribution >= 4 is 11.6 Å². The third kappa shape index (κ3) is 3.44. The lowest BCUT2D eigenvalue weighted by molar-refractivity contribution is -0.117.